The van der Waals surface area contributed by atoms with Crippen LogP contribution in [0, 0.1) is 48.3 Å². The summed E-state index contributed by atoms with van der Waals surface area (Å²) < 4.78 is 6.15. The standard InChI is InChI=1S/C42H54N2O9/c1-25(2)13-12-19-40(11)31(16-14-26(3)4)24-41(20-18-28(7)8)37(53-38(47)30-21-32(43(49)50)23-33(22-30)44(51)52)34(17-15-27(5)6)36(46)42(40,39(41)48)35(45)29(9)10/h13-15,18,21-23,29,31H,12,16-17,19-20,24H2,1-11H3/t31-,40+,41+,42-/m0/s1. The number of non-ortho nitro benzene ring substituents is 2. The summed E-state index contributed by atoms with van der Waals surface area (Å²) in [5, 5.41) is 23.4. The van der Waals surface area contributed by atoms with Crippen molar-refractivity contribution in [2.45, 2.75) is 115 Å². The molecule has 0 radical (unpaired) electrons. The molecule has 53 heavy (non-hydrogen) atoms. The van der Waals surface area contributed by atoms with Crippen LogP contribution in [0.4, 0.5) is 11.4 Å². The third-order valence-corrected chi connectivity index (χ3v) is 10.7. The van der Waals surface area contributed by atoms with Gasteiger partial charge in [0.2, 0.25) is 0 Å². The molecule has 4 atom stereocenters. The van der Waals surface area contributed by atoms with Crippen molar-refractivity contribution in [1.82, 2.24) is 0 Å². The van der Waals surface area contributed by atoms with Crippen LogP contribution in [0.15, 0.2) is 76.1 Å². The van der Waals surface area contributed by atoms with Gasteiger partial charge >= 0.3 is 5.97 Å². The van der Waals surface area contributed by atoms with E-state index in [1.807, 2.05) is 80.5 Å². The molecule has 0 unspecified atom stereocenters. The summed E-state index contributed by atoms with van der Waals surface area (Å²) in [6.07, 6.45) is 9.14. The topological polar surface area (TPSA) is 164 Å². The lowest BCUT2D eigenvalue weighted by Crippen LogP contribution is -2.71. The van der Waals surface area contributed by atoms with Crippen LogP contribution in [0.3, 0.4) is 0 Å². The van der Waals surface area contributed by atoms with Gasteiger partial charge in [0.25, 0.3) is 11.4 Å². The molecule has 11 heteroatoms. The molecule has 2 aliphatic carbocycles. The normalized spacial score (nSPS) is 23.6. The minimum atomic E-state index is -2.12. The van der Waals surface area contributed by atoms with Gasteiger partial charge in [-0.05, 0) is 105 Å². The summed E-state index contributed by atoms with van der Waals surface area (Å²) in [5.74, 6) is -4.32. The first-order chi connectivity index (χ1) is 24.6. The largest absolute Gasteiger partial charge is 0.426 e. The first-order valence-corrected chi connectivity index (χ1v) is 18.1. The zero-order chi connectivity index (χ0) is 40.2. The maximum atomic E-state index is 15.8. The van der Waals surface area contributed by atoms with Gasteiger partial charge in [-0.2, -0.15) is 0 Å². The Balaban J connectivity index is 2.59. The number of nitro benzene ring substituents is 2. The summed E-state index contributed by atoms with van der Waals surface area (Å²) in [6.45, 7) is 20.5. The van der Waals surface area contributed by atoms with Crippen molar-refractivity contribution in [3.8, 4) is 0 Å². The smallest absolute Gasteiger partial charge is 0.343 e. The number of nitrogens with zero attached hydrogens (tertiary/aromatic N) is 2. The molecule has 1 saturated carbocycles. The Morgan fingerprint density at radius 1 is 0.849 bits per heavy atom. The molecule has 2 aliphatic rings. The van der Waals surface area contributed by atoms with E-state index in [4.69, 9.17) is 4.74 Å². The molecule has 0 amide bonds. The van der Waals surface area contributed by atoms with Crippen LogP contribution in [0.2, 0.25) is 0 Å². The van der Waals surface area contributed by atoms with Crippen LogP contribution in [-0.4, -0.2) is 33.2 Å². The van der Waals surface area contributed by atoms with Crippen molar-refractivity contribution < 1.29 is 33.8 Å². The number of rotatable bonds is 15. The van der Waals surface area contributed by atoms with Crippen LogP contribution in [0.1, 0.15) is 125 Å². The Hall–Kier alpha value is -4.80. The van der Waals surface area contributed by atoms with E-state index >= 15 is 14.4 Å². The van der Waals surface area contributed by atoms with E-state index in [9.17, 15) is 25.0 Å². The Bertz CT molecular complexity index is 1830. The van der Waals surface area contributed by atoms with Gasteiger partial charge in [-0.25, -0.2) is 4.79 Å². The Labute approximate surface area is 312 Å². The Morgan fingerprint density at radius 2 is 1.38 bits per heavy atom. The van der Waals surface area contributed by atoms with Gasteiger partial charge in [0.1, 0.15) is 5.76 Å². The highest BCUT2D eigenvalue weighted by Crippen LogP contribution is 2.68. The fourth-order valence-electron chi connectivity index (χ4n) is 7.92. The van der Waals surface area contributed by atoms with Gasteiger partial charge in [0, 0.05) is 23.6 Å². The zero-order valence-corrected chi connectivity index (χ0v) is 33.0. The van der Waals surface area contributed by atoms with Crippen molar-refractivity contribution >= 4 is 34.7 Å². The van der Waals surface area contributed by atoms with Crippen molar-refractivity contribution in [1.29, 1.82) is 0 Å². The van der Waals surface area contributed by atoms with Crippen molar-refractivity contribution in [2.24, 2.45) is 28.1 Å². The maximum absolute atomic E-state index is 15.8. The second-order valence-corrected chi connectivity index (χ2v) is 16.1. The number of carbonyl (C=O) groups is 4. The molecule has 0 heterocycles. The molecule has 286 valence electrons. The van der Waals surface area contributed by atoms with Crippen LogP contribution in [0.5, 0.6) is 0 Å². The molecule has 0 saturated heterocycles. The molecular formula is C42H54N2O9. The van der Waals surface area contributed by atoms with E-state index < -0.39 is 78.2 Å². The molecule has 0 N–H and O–H groups in total. The first-order valence-electron chi connectivity index (χ1n) is 18.1. The monoisotopic (exact) mass is 730 g/mol. The highest BCUT2D eigenvalue weighted by atomic mass is 16.6. The van der Waals surface area contributed by atoms with Crippen molar-refractivity contribution in [2.75, 3.05) is 0 Å². The summed E-state index contributed by atoms with van der Waals surface area (Å²) in [7, 11) is 0. The molecule has 11 nitrogen and oxygen atoms in total. The number of hydrogen-bond donors (Lipinski definition) is 0. The number of benzene rings is 1. The quantitative estimate of drug-likeness (QED) is 0.0561. The maximum Gasteiger partial charge on any atom is 0.343 e. The molecule has 0 spiro atoms. The fraction of sp³-hybridized carbons (Fsp3) is 0.524. The molecule has 1 aromatic rings. The third-order valence-electron chi connectivity index (χ3n) is 10.7. The number of nitro groups is 2. The molecule has 0 aliphatic heterocycles. The SMILES string of the molecule is CC(C)=CCC[C@]1(C)[C@@H](CC=C(C)C)C[C@@]2(CC=C(C)C)C(=O)[C@]1(C(=O)C(C)C)C(=O)C(CC=C(C)C)=C2OC(=O)c1cc([N+](=O)[O-])cc([N+](=O)[O-])c1. The average Bonchev–Trinajstić information content (AvgIpc) is 3.06. The summed E-state index contributed by atoms with van der Waals surface area (Å²) >= 11 is 0. The second kappa shape index (κ2) is 16.5. The van der Waals surface area contributed by atoms with E-state index in [-0.39, 0.29) is 30.6 Å². The Morgan fingerprint density at radius 3 is 1.85 bits per heavy atom. The van der Waals surface area contributed by atoms with Gasteiger partial charge in [0.15, 0.2) is 22.8 Å². The van der Waals surface area contributed by atoms with Crippen LogP contribution in [0.25, 0.3) is 0 Å². The minimum absolute atomic E-state index is 0.00402. The third kappa shape index (κ3) is 8.24. The number of Topliss-reactive ketones (excluding diaryl/α,β-unsaturated/α-hetero) is 3. The van der Waals surface area contributed by atoms with Gasteiger partial charge in [-0.1, -0.05) is 67.4 Å². The molecular weight excluding hydrogens is 676 g/mol. The molecule has 3 rings (SSSR count). The lowest BCUT2D eigenvalue weighted by atomic mass is 9.38. The van der Waals surface area contributed by atoms with Gasteiger partial charge < -0.3 is 4.74 Å². The number of esters is 1. The predicted molar refractivity (Wildman–Crippen MR) is 204 cm³/mol. The lowest BCUT2D eigenvalue weighted by molar-refractivity contribution is -0.394. The number of ketones is 3. The highest BCUT2D eigenvalue weighted by Gasteiger charge is 2.76. The Kier molecular flexibility index (Phi) is 13.2. The average molecular weight is 731 g/mol. The van der Waals surface area contributed by atoms with Crippen LogP contribution >= 0.6 is 0 Å². The zero-order valence-electron chi connectivity index (χ0n) is 33.0. The van der Waals surface area contributed by atoms with Gasteiger partial charge in [-0.15, -0.1) is 0 Å². The van der Waals surface area contributed by atoms with E-state index in [1.165, 1.54) is 0 Å². The number of hydrogen-bond acceptors (Lipinski definition) is 9. The predicted octanol–water partition coefficient (Wildman–Crippen LogP) is 10.1. The number of fused-ring (bicyclic) bond motifs is 2. The molecule has 1 aromatic carbocycles. The van der Waals surface area contributed by atoms with Crippen molar-refractivity contribution in [3.05, 3.63) is 102 Å². The summed E-state index contributed by atoms with van der Waals surface area (Å²) in [4.78, 5) is 82.2. The molecule has 0 aromatic heterocycles. The first kappa shape index (κ1) is 42.6. The number of allylic oxidation sites excluding steroid dienone is 10. The lowest BCUT2D eigenvalue weighted by Gasteiger charge is -2.61. The molecule has 1 fully saturated rings. The fourth-order valence-corrected chi connectivity index (χ4v) is 7.92. The van der Waals surface area contributed by atoms with E-state index in [1.54, 1.807) is 19.9 Å². The van der Waals surface area contributed by atoms with Gasteiger partial charge in [0.05, 0.1) is 26.9 Å². The van der Waals surface area contributed by atoms with Crippen molar-refractivity contribution in [3.63, 3.8) is 0 Å². The minimum Gasteiger partial charge on any atom is -0.426 e. The van der Waals surface area contributed by atoms with Gasteiger partial charge in [-0.3, -0.25) is 34.6 Å². The number of ether oxygens (including phenoxy) is 1. The summed E-state index contributed by atoms with van der Waals surface area (Å²) in [6, 6.07) is 2.47. The highest BCUT2D eigenvalue weighted by molar-refractivity contribution is 6.33. The van der Waals surface area contributed by atoms with E-state index in [0.29, 0.717) is 19.3 Å². The summed E-state index contributed by atoms with van der Waals surface area (Å²) in [5.41, 5.74) is -3.03. The van der Waals surface area contributed by atoms with E-state index in [2.05, 4.69) is 0 Å². The second-order valence-electron chi connectivity index (χ2n) is 16.1. The molecule has 2 bridgehead atoms. The van der Waals surface area contributed by atoms with E-state index in [0.717, 1.165) is 40.5 Å². The number of carbonyl (C=O) groups excluding carboxylic acids is 4. The van der Waals surface area contributed by atoms with Crippen LogP contribution < -0.4 is 0 Å². The van der Waals surface area contributed by atoms with Crippen LogP contribution in [-0.2, 0) is 19.1 Å².